The van der Waals surface area contributed by atoms with Gasteiger partial charge in [0, 0.05) is 25.4 Å². The van der Waals surface area contributed by atoms with Gasteiger partial charge in [-0.05, 0) is 44.7 Å². The first-order valence-electron chi connectivity index (χ1n) is 7.69. The van der Waals surface area contributed by atoms with Crippen LogP contribution in [-0.4, -0.2) is 37.0 Å². The molecular formula is C14H26N4O2S. The minimum Gasteiger partial charge on any atom is -0.317 e. The average molecular weight is 314 g/mol. The van der Waals surface area contributed by atoms with Gasteiger partial charge in [-0.3, -0.25) is 4.68 Å². The monoisotopic (exact) mass is 314 g/mol. The van der Waals surface area contributed by atoms with E-state index in [0.717, 1.165) is 50.0 Å². The molecule has 2 rings (SSSR count). The lowest BCUT2D eigenvalue weighted by molar-refractivity contribution is 0.365. The third-order valence-corrected chi connectivity index (χ3v) is 5.42. The highest BCUT2D eigenvalue weighted by Gasteiger charge is 2.18. The zero-order valence-corrected chi connectivity index (χ0v) is 13.7. The number of rotatable bonds is 7. The summed E-state index contributed by atoms with van der Waals surface area (Å²) in [7, 11) is -1.35. The van der Waals surface area contributed by atoms with Crippen LogP contribution in [0.25, 0.3) is 0 Å². The van der Waals surface area contributed by atoms with E-state index >= 15 is 0 Å². The Labute approximate surface area is 127 Å². The second-order valence-electron chi connectivity index (χ2n) is 5.75. The van der Waals surface area contributed by atoms with E-state index in [2.05, 4.69) is 15.1 Å². The van der Waals surface area contributed by atoms with Crippen molar-refractivity contribution in [3.05, 3.63) is 17.5 Å². The first-order valence-corrected chi connectivity index (χ1v) is 9.35. The van der Waals surface area contributed by atoms with Crippen LogP contribution in [0.2, 0.25) is 0 Å². The molecule has 1 aliphatic heterocycles. The summed E-state index contributed by atoms with van der Waals surface area (Å²) in [5.41, 5.74) is 1.92. The van der Waals surface area contributed by atoms with Gasteiger partial charge in [-0.25, -0.2) is 13.1 Å². The first kappa shape index (κ1) is 16.5. The molecule has 1 aromatic rings. The molecule has 0 radical (unpaired) electrons. The van der Waals surface area contributed by atoms with E-state index in [-0.39, 0.29) is 5.75 Å². The lowest BCUT2D eigenvalue weighted by Crippen LogP contribution is -2.31. The van der Waals surface area contributed by atoms with Gasteiger partial charge in [0.25, 0.3) is 0 Å². The van der Waals surface area contributed by atoms with Crippen molar-refractivity contribution in [2.45, 2.75) is 39.2 Å². The van der Waals surface area contributed by atoms with Gasteiger partial charge in [0.15, 0.2) is 0 Å². The van der Waals surface area contributed by atoms with Crippen LogP contribution in [-0.2, 0) is 30.0 Å². The SMILES string of the molecule is CCc1nn(C)cc1CNS(=O)(=O)CCC1CCNCC1. The Kier molecular flexibility index (Phi) is 5.78. The summed E-state index contributed by atoms with van der Waals surface area (Å²) in [6.45, 7) is 4.38. The maximum atomic E-state index is 12.1. The van der Waals surface area contributed by atoms with Crippen molar-refractivity contribution in [1.82, 2.24) is 19.8 Å². The fraction of sp³-hybridized carbons (Fsp3) is 0.786. The van der Waals surface area contributed by atoms with Crippen molar-refractivity contribution in [2.75, 3.05) is 18.8 Å². The highest BCUT2D eigenvalue weighted by Crippen LogP contribution is 2.16. The van der Waals surface area contributed by atoms with E-state index in [9.17, 15) is 8.42 Å². The second-order valence-corrected chi connectivity index (χ2v) is 7.68. The van der Waals surface area contributed by atoms with Gasteiger partial charge in [-0.15, -0.1) is 0 Å². The van der Waals surface area contributed by atoms with Crippen LogP contribution in [0.4, 0.5) is 0 Å². The van der Waals surface area contributed by atoms with Crippen LogP contribution in [0.3, 0.4) is 0 Å². The molecule has 0 bridgehead atoms. The van der Waals surface area contributed by atoms with Gasteiger partial charge in [0.05, 0.1) is 11.4 Å². The van der Waals surface area contributed by atoms with Crippen molar-refractivity contribution in [1.29, 1.82) is 0 Å². The number of aromatic nitrogens is 2. The van der Waals surface area contributed by atoms with E-state index in [1.54, 1.807) is 4.68 Å². The molecule has 0 unspecified atom stereocenters. The molecule has 2 heterocycles. The van der Waals surface area contributed by atoms with Crippen LogP contribution in [0.5, 0.6) is 0 Å². The zero-order chi connectivity index (χ0) is 15.3. The Balaban J connectivity index is 1.82. The highest BCUT2D eigenvalue weighted by molar-refractivity contribution is 7.89. The molecule has 1 fully saturated rings. The quantitative estimate of drug-likeness (QED) is 0.780. The van der Waals surface area contributed by atoms with E-state index < -0.39 is 10.0 Å². The molecule has 1 aromatic heterocycles. The molecule has 21 heavy (non-hydrogen) atoms. The molecule has 0 aliphatic carbocycles. The van der Waals surface area contributed by atoms with Gasteiger partial charge in [-0.1, -0.05) is 6.92 Å². The van der Waals surface area contributed by atoms with Crippen molar-refractivity contribution >= 4 is 10.0 Å². The molecule has 1 aliphatic rings. The van der Waals surface area contributed by atoms with Gasteiger partial charge < -0.3 is 5.32 Å². The van der Waals surface area contributed by atoms with Crippen molar-refractivity contribution in [3.8, 4) is 0 Å². The van der Waals surface area contributed by atoms with E-state index in [0.29, 0.717) is 12.5 Å². The Morgan fingerprint density at radius 2 is 2.14 bits per heavy atom. The van der Waals surface area contributed by atoms with Crippen LogP contribution in [0.15, 0.2) is 6.20 Å². The van der Waals surface area contributed by atoms with Crippen molar-refractivity contribution in [3.63, 3.8) is 0 Å². The largest absolute Gasteiger partial charge is 0.317 e. The molecule has 7 heteroatoms. The summed E-state index contributed by atoms with van der Waals surface area (Å²) >= 11 is 0. The summed E-state index contributed by atoms with van der Waals surface area (Å²) in [4.78, 5) is 0. The third-order valence-electron chi connectivity index (χ3n) is 4.06. The molecular weight excluding hydrogens is 288 g/mol. The maximum absolute atomic E-state index is 12.1. The molecule has 0 spiro atoms. The summed E-state index contributed by atoms with van der Waals surface area (Å²) in [5, 5.41) is 7.62. The minimum atomic E-state index is -3.20. The normalized spacial score (nSPS) is 17.2. The van der Waals surface area contributed by atoms with E-state index in [1.807, 2.05) is 20.2 Å². The van der Waals surface area contributed by atoms with Crippen LogP contribution >= 0.6 is 0 Å². The average Bonchev–Trinajstić information content (AvgIpc) is 2.85. The van der Waals surface area contributed by atoms with Crippen molar-refractivity contribution in [2.24, 2.45) is 13.0 Å². The topological polar surface area (TPSA) is 76.0 Å². The number of sulfonamides is 1. The Hall–Kier alpha value is -0.920. The predicted molar refractivity (Wildman–Crippen MR) is 83.4 cm³/mol. The van der Waals surface area contributed by atoms with Gasteiger partial charge >= 0.3 is 0 Å². The third kappa shape index (κ3) is 5.09. The van der Waals surface area contributed by atoms with Crippen LogP contribution in [0, 0.1) is 5.92 Å². The molecule has 0 saturated carbocycles. The first-order chi connectivity index (χ1) is 10.00. The number of aryl methyl sites for hydroxylation is 2. The number of piperidine rings is 1. The van der Waals surface area contributed by atoms with Gasteiger partial charge in [0.1, 0.15) is 0 Å². The molecule has 0 atom stereocenters. The summed E-state index contributed by atoms with van der Waals surface area (Å²) < 4.78 is 28.6. The van der Waals surface area contributed by atoms with Crippen LogP contribution < -0.4 is 10.0 Å². The highest BCUT2D eigenvalue weighted by atomic mass is 32.2. The van der Waals surface area contributed by atoms with E-state index in [1.165, 1.54) is 0 Å². The fourth-order valence-electron chi connectivity index (χ4n) is 2.78. The molecule has 120 valence electrons. The molecule has 0 amide bonds. The summed E-state index contributed by atoms with van der Waals surface area (Å²) in [5.74, 6) is 0.756. The maximum Gasteiger partial charge on any atom is 0.211 e. The molecule has 2 N–H and O–H groups in total. The number of hydrogen-bond acceptors (Lipinski definition) is 4. The lowest BCUT2D eigenvalue weighted by atomic mass is 9.96. The second kappa shape index (κ2) is 7.38. The fourth-order valence-corrected chi connectivity index (χ4v) is 3.94. The summed E-state index contributed by atoms with van der Waals surface area (Å²) in [6, 6.07) is 0. The van der Waals surface area contributed by atoms with Gasteiger partial charge in [0.2, 0.25) is 10.0 Å². The smallest absolute Gasteiger partial charge is 0.211 e. The molecule has 6 nitrogen and oxygen atoms in total. The van der Waals surface area contributed by atoms with Crippen molar-refractivity contribution < 1.29 is 8.42 Å². The number of nitrogens with zero attached hydrogens (tertiary/aromatic N) is 2. The molecule has 0 aromatic carbocycles. The molecule has 1 saturated heterocycles. The zero-order valence-electron chi connectivity index (χ0n) is 12.9. The minimum absolute atomic E-state index is 0.222. The Morgan fingerprint density at radius 1 is 1.43 bits per heavy atom. The number of hydrogen-bond donors (Lipinski definition) is 2. The lowest BCUT2D eigenvalue weighted by Gasteiger charge is -2.22. The Bertz CT molecular complexity index is 547. The van der Waals surface area contributed by atoms with Crippen LogP contribution in [0.1, 0.15) is 37.4 Å². The Morgan fingerprint density at radius 3 is 2.81 bits per heavy atom. The van der Waals surface area contributed by atoms with E-state index in [4.69, 9.17) is 0 Å². The standard InChI is InChI=1S/C14H26N4O2S/c1-3-14-13(11-18(2)17-14)10-16-21(19,20)9-6-12-4-7-15-8-5-12/h11-12,15-16H,3-10H2,1-2H3. The van der Waals surface area contributed by atoms with Gasteiger partial charge in [-0.2, -0.15) is 5.10 Å². The summed E-state index contributed by atoms with van der Waals surface area (Å²) in [6.07, 6.45) is 5.61. The predicted octanol–water partition coefficient (Wildman–Crippen LogP) is 0.792. The number of nitrogens with one attached hydrogen (secondary N) is 2.